The molecule has 2 aliphatic rings. The first-order valence-corrected chi connectivity index (χ1v) is 13.9. The highest BCUT2D eigenvalue weighted by Crippen LogP contribution is 2.58. The van der Waals surface area contributed by atoms with Crippen LogP contribution in [-0.2, 0) is 16.1 Å². The van der Waals surface area contributed by atoms with E-state index in [4.69, 9.17) is 9.47 Å². The Labute approximate surface area is 232 Å². The molecule has 1 saturated carbocycles. The van der Waals surface area contributed by atoms with Gasteiger partial charge in [-0.3, -0.25) is 4.79 Å². The SMILES string of the molecule is CC(C)=C(F)[C@@H](C)n1c(C2CCOCC2)c(C2CC(C(=O)O)(C(F)F)C2)c2cc(OCc3ccccc3)ccc21. The summed E-state index contributed by atoms with van der Waals surface area (Å²) in [5.74, 6) is -1.46. The van der Waals surface area contributed by atoms with E-state index in [1.54, 1.807) is 13.8 Å². The Morgan fingerprint density at radius 2 is 1.77 bits per heavy atom. The lowest BCUT2D eigenvalue weighted by atomic mass is 9.59. The highest BCUT2D eigenvalue weighted by molar-refractivity contribution is 5.89. The number of carbonyl (C=O) groups is 1. The molecule has 0 radical (unpaired) electrons. The van der Waals surface area contributed by atoms with Gasteiger partial charge >= 0.3 is 5.97 Å². The molecule has 3 aromatic rings. The zero-order valence-electron chi connectivity index (χ0n) is 23.1. The van der Waals surface area contributed by atoms with E-state index in [1.807, 2.05) is 60.0 Å². The molecule has 1 aromatic heterocycles. The molecule has 2 fully saturated rings. The molecular formula is C32H36F3NO4. The number of benzene rings is 2. The van der Waals surface area contributed by atoms with Gasteiger partial charge in [0.05, 0.1) is 6.04 Å². The molecule has 40 heavy (non-hydrogen) atoms. The Hall–Kier alpha value is -3.26. The first kappa shape index (κ1) is 28.3. The number of fused-ring (bicyclic) bond motifs is 1. The van der Waals surface area contributed by atoms with Crippen LogP contribution in [0.4, 0.5) is 13.2 Å². The van der Waals surface area contributed by atoms with Crippen molar-refractivity contribution in [3.05, 3.63) is 76.8 Å². The molecule has 1 N–H and O–H groups in total. The third-order valence-electron chi connectivity index (χ3n) is 8.61. The van der Waals surface area contributed by atoms with Gasteiger partial charge in [0.25, 0.3) is 6.43 Å². The summed E-state index contributed by atoms with van der Waals surface area (Å²) in [5.41, 5.74) is 2.05. The summed E-state index contributed by atoms with van der Waals surface area (Å²) in [6, 6.07) is 14.8. The number of carboxylic acids is 1. The van der Waals surface area contributed by atoms with Gasteiger partial charge in [-0.2, -0.15) is 0 Å². The van der Waals surface area contributed by atoms with E-state index in [-0.39, 0.29) is 24.6 Å². The molecular weight excluding hydrogens is 519 g/mol. The lowest BCUT2D eigenvalue weighted by Gasteiger charge is -2.44. The summed E-state index contributed by atoms with van der Waals surface area (Å²) in [4.78, 5) is 11.9. The van der Waals surface area contributed by atoms with E-state index in [0.717, 1.165) is 40.6 Å². The highest BCUT2D eigenvalue weighted by atomic mass is 19.3. The van der Waals surface area contributed by atoms with E-state index >= 15 is 4.39 Å². The van der Waals surface area contributed by atoms with Gasteiger partial charge in [0.15, 0.2) is 0 Å². The van der Waals surface area contributed by atoms with Crippen LogP contribution in [0.15, 0.2) is 59.9 Å². The molecule has 0 amide bonds. The third-order valence-corrected chi connectivity index (χ3v) is 8.61. The summed E-state index contributed by atoms with van der Waals surface area (Å²) < 4.78 is 57.3. The molecule has 8 heteroatoms. The second kappa shape index (κ2) is 11.3. The molecule has 5 nitrogen and oxygen atoms in total. The quantitative estimate of drug-likeness (QED) is 0.289. The Morgan fingerprint density at radius 1 is 1.10 bits per heavy atom. The number of aliphatic carboxylic acids is 1. The van der Waals surface area contributed by atoms with E-state index < -0.39 is 29.8 Å². The fourth-order valence-electron chi connectivity index (χ4n) is 6.40. The third kappa shape index (κ3) is 5.02. The Bertz CT molecular complexity index is 1400. The largest absolute Gasteiger partial charge is 0.489 e. The second-order valence-electron chi connectivity index (χ2n) is 11.4. The number of nitrogens with zero attached hydrogens (tertiary/aromatic N) is 1. The molecule has 1 aliphatic carbocycles. The van der Waals surface area contributed by atoms with E-state index in [0.29, 0.717) is 31.1 Å². The van der Waals surface area contributed by atoms with E-state index in [1.165, 1.54) is 0 Å². The lowest BCUT2D eigenvalue weighted by Crippen LogP contribution is -2.48. The van der Waals surface area contributed by atoms with Crippen molar-refractivity contribution in [1.29, 1.82) is 0 Å². The predicted molar refractivity (Wildman–Crippen MR) is 148 cm³/mol. The van der Waals surface area contributed by atoms with Crippen LogP contribution in [0.5, 0.6) is 5.75 Å². The fraction of sp³-hybridized carbons (Fsp3) is 0.469. The number of hydrogen-bond donors (Lipinski definition) is 1. The smallest absolute Gasteiger partial charge is 0.315 e. The van der Waals surface area contributed by atoms with Crippen molar-refractivity contribution in [2.75, 3.05) is 13.2 Å². The normalized spacial score (nSPS) is 22.2. The van der Waals surface area contributed by atoms with Gasteiger partial charge < -0.3 is 19.1 Å². The maximum Gasteiger partial charge on any atom is 0.315 e. The Kier molecular flexibility index (Phi) is 8.00. The van der Waals surface area contributed by atoms with Crippen molar-refractivity contribution < 1.29 is 32.5 Å². The lowest BCUT2D eigenvalue weighted by molar-refractivity contribution is -0.171. The van der Waals surface area contributed by atoms with Crippen molar-refractivity contribution in [3.63, 3.8) is 0 Å². The summed E-state index contributed by atoms with van der Waals surface area (Å²) >= 11 is 0. The summed E-state index contributed by atoms with van der Waals surface area (Å²) in [5, 5.41) is 10.5. The average molecular weight is 556 g/mol. The second-order valence-corrected chi connectivity index (χ2v) is 11.4. The standard InChI is InChI=1S/C32H36F3NO4/c1-19(2)28(33)20(3)36-26-10-9-24(40-18-21-7-5-4-6-8-21)15-25(26)27(29(36)22-11-13-39-14-12-22)23-16-32(17-23,30(34)35)31(37)38/h4-10,15,20,22-23,30H,11-14,16-18H2,1-3H3,(H,37,38)/t20-,23?,32?/m1/s1. The zero-order valence-corrected chi connectivity index (χ0v) is 23.1. The molecule has 0 spiro atoms. The van der Waals surface area contributed by atoms with Gasteiger partial charge in [-0.15, -0.1) is 0 Å². The number of halogens is 3. The van der Waals surface area contributed by atoms with Crippen LogP contribution in [0.2, 0.25) is 0 Å². The first-order chi connectivity index (χ1) is 19.1. The maximum atomic E-state index is 15.5. The molecule has 2 heterocycles. The average Bonchev–Trinajstić information content (AvgIpc) is 3.25. The van der Waals surface area contributed by atoms with Crippen molar-refractivity contribution in [1.82, 2.24) is 4.57 Å². The van der Waals surface area contributed by atoms with Gasteiger partial charge in [-0.05, 0) is 87.3 Å². The van der Waals surface area contributed by atoms with E-state index in [2.05, 4.69) is 0 Å². The van der Waals surface area contributed by atoms with Gasteiger partial charge in [-0.25, -0.2) is 13.2 Å². The highest BCUT2D eigenvalue weighted by Gasteiger charge is 2.58. The van der Waals surface area contributed by atoms with Crippen LogP contribution >= 0.6 is 0 Å². The number of alkyl halides is 2. The number of aromatic nitrogens is 1. The number of rotatable bonds is 9. The molecule has 0 bridgehead atoms. The first-order valence-electron chi connectivity index (χ1n) is 13.9. The van der Waals surface area contributed by atoms with Crippen LogP contribution in [-0.4, -0.2) is 35.3 Å². The van der Waals surface area contributed by atoms with Crippen LogP contribution in [0.25, 0.3) is 10.9 Å². The van der Waals surface area contributed by atoms with Crippen LogP contribution in [0.3, 0.4) is 0 Å². The Balaban J connectivity index is 1.67. The number of hydrogen-bond acceptors (Lipinski definition) is 3. The van der Waals surface area contributed by atoms with Gasteiger partial charge in [0, 0.05) is 35.7 Å². The fourth-order valence-corrected chi connectivity index (χ4v) is 6.40. The van der Waals surface area contributed by atoms with Crippen molar-refractivity contribution in [3.8, 4) is 5.75 Å². The molecule has 0 unspecified atom stereocenters. The topological polar surface area (TPSA) is 60.7 Å². The molecule has 214 valence electrons. The van der Waals surface area contributed by atoms with Gasteiger partial charge in [0.1, 0.15) is 23.6 Å². The predicted octanol–water partition coefficient (Wildman–Crippen LogP) is 8.15. The molecule has 1 aliphatic heterocycles. The molecule has 1 saturated heterocycles. The monoisotopic (exact) mass is 555 g/mol. The molecule has 1 atom stereocenters. The van der Waals surface area contributed by atoms with Crippen LogP contribution < -0.4 is 4.74 Å². The summed E-state index contributed by atoms with van der Waals surface area (Å²) in [6.45, 7) is 6.75. The summed E-state index contributed by atoms with van der Waals surface area (Å²) in [7, 11) is 0. The minimum atomic E-state index is -2.96. The zero-order chi connectivity index (χ0) is 28.6. The molecule has 5 rings (SSSR count). The van der Waals surface area contributed by atoms with Gasteiger partial charge in [-0.1, -0.05) is 30.3 Å². The van der Waals surface area contributed by atoms with Crippen molar-refractivity contribution in [2.24, 2.45) is 5.41 Å². The number of ether oxygens (including phenoxy) is 2. The number of carboxylic acid groups (broad SMARTS) is 1. The van der Waals surface area contributed by atoms with Gasteiger partial charge in [0.2, 0.25) is 0 Å². The summed E-state index contributed by atoms with van der Waals surface area (Å²) in [6.07, 6.45) is -1.85. The molecule has 2 aromatic carbocycles. The minimum absolute atomic E-state index is 0.0311. The van der Waals surface area contributed by atoms with Crippen molar-refractivity contribution in [2.45, 2.75) is 77.4 Å². The minimum Gasteiger partial charge on any atom is -0.489 e. The van der Waals surface area contributed by atoms with E-state index in [9.17, 15) is 18.7 Å². The Morgan fingerprint density at radius 3 is 2.38 bits per heavy atom. The van der Waals surface area contributed by atoms with Crippen LogP contribution in [0.1, 0.15) is 81.2 Å². The number of allylic oxidation sites excluding steroid dienone is 2. The van der Waals surface area contributed by atoms with Crippen molar-refractivity contribution >= 4 is 16.9 Å². The maximum absolute atomic E-state index is 15.5. The van der Waals surface area contributed by atoms with Crippen LogP contribution in [0, 0.1) is 5.41 Å².